The number of fused-ring (bicyclic) bond motifs is 1. The molecule has 37 heavy (non-hydrogen) atoms. The third-order valence-electron chi connectivity index (χ3n) is 7.56. The zero-order chi connectivity index (χ0) is 25.8. The van der Waals surface area contributed by atoms with Crippen LogP contribution in [-0.2, 0) is 21.2 Å². The first-order valence-corrected chi connectivity index (χ1v) is 14.8. The second-order valence-electron chi connectivity index (χ2n) is 10.0. The molecule has 3 aromatic carbocycles. The van der Waals surface area contributed by atoms with Gasteiger partial charge in [-0.15, -0.1) is 0 Å². The first-order valence-electron chi connectivity index (χ1n) is 13.3. The highest BCUT2D eigenvalue weighted by molar-refractivity contribution is 7.89. The smallest absolute Gasteiger partial charge is 0.243 e. The zero-order valence-electron chi connectivity index (χ0n) is 21.3. The van der Waals surface area contributed by atoms with Crippen LogP contribution < -0.4 is 14.9 Å². The fourth-order valence-corrected chi connectivity index (χ4v) is 7.14. The molecule has 3 aromatic rings. The SMILES string of the molecule is CCC(C(=O)Nc1ccc(N2CCCC2)c(S(=O)(=O)NC2CCCc3ccccc32)c1)c1ccccc1. The zero-order valence-corrected chi connectivity index (χ0v) is 22.1. The Morgan fingerprint density at radius 3 is 2.46 bits per heavy atom. The Hall–Kier alpha value is -3.16. The van der Waals surface area contributed by atoms with Crippen LogP contribution in [0.1, 0.15) is 67.7 Å². The Balaban J connectivity index is 1.45. The number of sulfonamides is 1. The standard InChI is InChI=1S/C30H35N3O3S/c1-2-25(22-11-4-3-5-12-22)30(34)31-24-17-18-28(33-19-8-9-20-33)29(21-24)37(35,36)32-27-16-10-14-23-13-6-7-15-26(23)27/h3-7,11-13,15,17-18,21,25,27,32H,2,8-10,14,16,19-20H2,1H3,(H,31,34). The predicted octanol–water partition coefficient (Wildman–Crippen LogP) is 5.78. The number of carbonyl (C=O) groups is 1. The quantitative estimate of drug-likeness (QED) is 0.397. The van der Waals surface area contributed by atoms with E-state index < -0.39 is 10.0 Å². The Morgan fingerprint density at radius 1 is 0.973 bits per heavy atom. The highest BCUT2D eigenvalue weighted by Gasteiger charge is 2.30. The summed E-state index contributed by atoms with van der Waals surface area (Å²) < 4.78 is 30.8. The van der Waals surface area contributed by atoms with E-state index >= 15 is 0 Å². The molecule has 2 aliphatic rings. The Labute approximate surface area is 220 Å². The number of aryl methyl sites for hydroxylation is 1. The molecular formula is C30H35N3O3S. The van der Waals surface area contributed by atoms with Crippen molar-refractivity contribution in [3.05, 3.63) is 89.5 Å². The van der Waals surface area contributed by atoms with Crippen LogP contribution in [-0.4, -0.2) is 27.4 Å². The molecule has 1 heterocycles. The number of carbonyl (C=O) groups excluding carboxylic acids is 1. The molecule has 2 unspecified atom stereocenters. The van der Waals surface area contributed by atoms with Crippen LogP contribution in [0.2, 0.25) is 0 Å². The highest BCUT2D eigenvalue weighted by atomic mass is 32.2. The molecule has 2 atom stereocenters. The molecule has 0 spiro atoms. The van der Waals surface area contributed by atoms with E-state index in [0.717, 1.165) is 56.3 Å². The number of amides is 1. The second kappa shape index (κ2) is 11.1. The van der Waals surface area contributed by atoms with Crippen molar-refractivity contribution in [2.24, 2.45) is 0 Å². The minimum absolute atomic E-state index is 0.139. The fraction of sp³-hybridized carbons (Fsp3) is 0.367. The average Bonchev–Trinajstić information content (AvgIpc) is 3.45. The van der Waals surface area contributed by atoms with Gasteiger partial charge in [0.25, 0.3) is 0 Å². The number of hydrogen-bond acceptors (Lipinski definition) is 4. The molecule has 5 rings (SSSR count). The monoisotopic (exact) mass is 517 g/mol. The van der Waals surface area contributed by atoms with Gasteiger partial charge in [-0.05, 0) is 73.4 Å². The van der Waals surface area contributed by atoms with Crippen LogP contribution in [0, 0.1) is 0 Å². The summed E-state index contributed by atoms with van der Waals surface area (Å²) in [6.45, 7) is 3.63. The number of nitrogens with one attached hydrogen (secondary N) is 2. The maximum atomic E-state index is 13.9. The minimum Gasteiger partial charge on any atom is -0.370 e. The Kier molecular flexibility index (Phi) is 7.63. The third kappa shape index (κ3) is 5.58. The first-order chi connectivity index (χ1) is 18.0. The maximum Gasteiger partial charge on any atom is 0.243 e. The van der Waals surface area contributed by atoms with E-state index in [1.54, 1.807) is 6.07 Å². The van der Waals surface area contributed by atoms with Gasteiger partial charge in [0.05, 0.1) is 11.6 Å². The van der Waals surface area contributed by atoms with Crippen molar-refractivity contribution in [1.82, 2.24) is 4.72 Å². The summed E-state index contributed by atoms with van der Waals surface area (Å²) in [5.74, 6) is -0.448. The summed E-state index contributed by atoms with van der Waals surface area (Å²) in [7, 11) is -3.85. The Morgan fingerprint density at radius 2 is 1.70 bits per heavy atom. The van der Waals surface area contributed by atoms with E-state index in [0.29, 0.717) is 17.8 Å². The van der Waals surface area contributed by atoms with Crippen LogP contribution in [0.3, 0.4) is 0 Å². The fourth-order valence-electron chi connectivity index (χ4n) is 5.64. The molecule has 1 fully saturated rings. The number of benzene rings is 3. The van der Waals surface area contributed by atoms with E-state index in [1.807, 2.05) is 67.6 Å². The van der Waals surface area contributed by atoms with Crippen molar-refractivity contribution >= 4 is 27.3 Å². The molecule has 0 aromatic heterocycles. The van der Waals surface area contributed by atoms with Crippen molar-refractivity contribution < 1.29 is 13.2 Å². The molecule has 0 radical (unpaired) electrons. The van der Waals surface area contributed by atoms with Gasteiger partial charge in [0.15, 0.2) is 0 Å². The summed E-state index contributed by atoms with van der Waals surface area (Å²) >= 11 is 0. The van der Waals surface area contributed by atoms with Crippen molar-refractivity contribution in [2.75, 3.05) is 23.3 Å². The maximum absolute atomic E-state index is 13.9. The van der Waals surface area contributed by atoms with Gasteiger partial charge < -0.3 is 10.2 Å². The van der Waals surface area contributed by atoms with Crippen molar-refractivity contribution in [3.8, 4) is 0 Å². The van der Waals surface area contributed by atoms with E-state index in [2.05, 4.69) is 21.0 Å². The lowest BCUT2D eigenvalue weighted by Gasteiger charge is -2.28. The van der Waals surface area contributed by atoms with Crippen LogP contribution >= 0.6 is 0 Å². The van der Waals surface area contributed by atoms with Gasteiger partial charge in [0.1, 0.15) is 4.90 Å². The largest absolute Gasteiger partial charge is 0.370 e. The molecule has 0 bridgehead atoms. The van der Waals surface area contributed by atoms with Gasteiger partial charge in [0, 0.05) is 24.8 Å². The van der Waals surface area contributed by atoms with Gasteiger partial charge >= 0.3 is 0 Å². The first kappa shape index (κ1) is 25.5. The third-order valence-corrected chi connectivity index (χ3v) is 9.06. The van der Waals surface area contributed by atoms with E-state index in [-0.39, 0.29) is 22.8 Å². The average molecular weight is 518 g/mol. The molecule has 194 valence electrons. The molecular weight excluding hydrogens is 482 g/mol. The molecule has 1 saturated heterocycles. The molecule has 6 nitrogen and oxygen atoms in total. The summed E-state index contributed by atoms with van der Waals surface area (Å²) in [4.78, 5) is 15.6. The van der Waals surface area contributed by atoms with E-state index in [1.165, 1.54) is 5.56 Å². The summed E-state index contributed by atoms with van der Waals surface area (Å²) in [6.07, 6.45) is 5.40. The normalized spacial score (nSPS) is 18.3. The molecule has 2 N–H and O–H groups in total. The lowest BCUT2D eigenvalue weighted by atomic mass is 9.88. The van der Waals surface area contributed by atoms with Crippen LogP contribution in [0.15, 0.2) is 77.7 Å². The van der Waals surface area contributed by atoms with Gasteiger partial charge in [0.2, 0.25) is 15.9 Å². The van der Waals surface area contributed by atoms with Gasteiger partial charge in [-0.25, -0.2) is 13.1 Å². The molecule has 1 aliphatic carbocycles. The topological polar surface area (TPSA) is 78.5 Å². The second-order valence-corrected chi connectivity index (χ2v) is 11.7. The summed E-state index contributed by atoms with van der Waals surface area (Å²) in [5.41, 5.74) is 4.39. The summed E-state index contributed by atoms with van der Waals surface area (Å²) in [6, 6.07) is 22.8. The van der Waals surface area contributed by atoms with E-state index in [9.17, 15) is 13.2 Å². The van der Waals surface area contributed by atoms with Crippen LogP contribution in [0.5, 0.6) is 0 Å². The Bertz CT molecular complexity index is 1350. The van der Waals surface area contributed by atoms with Crippen LogP contribution in [0.25, 0.3) is 0 Å². The number of anilines is 2. The minimum atomic E-state index is -3.85. The number of nitrogens with zero attached hydrogens (tertiary/aromatic N) is 1. The molecule has 7 heteroatoms. The van der Waals surface area contributed by atoms with Gasteiger partial charge in [-0.1, -0.05) is 61.5 Å². The van der Waals surface area contributed by atoms with Crippen molar-refractivity contribution in [2.45, 2.75) is 62.3 Å². The van der Waals surface area contributed by atoms with Gasteiger partial charge in [-0.2, -0.15) is 0 Å². The number of hydrogen-bond donors (Lipinski definition) is 2. The lowest BCUT2D eigenvalue weighted by molar-refractivity contribution is -0.117. The van der Waals surface area contributed by atoms with Crippen molar-refractivity contribution in [3.63, 3.8) is 0 Å². The van der Waals surface area contributed by atoms with E-state index in [4.69, 9.17) is 0 Å². The number of rotatable bonds is 8. The summed E-state index contributed by atoms with van der Waals surface area (Å²) in [5, 5.41) is 2.99. The van der Waals surface area contributed by atoms with Crippen LogP contribution in [0.4, 0.5) is 11.4 Å². The van der Waals surface area contributed by atoms with Crippen molar-refractivity contribution in [1.29, 1.82) is 0 Å². The predicted molar refractivity (Wildman–Crippen MR) is 148 cm³/mol. The lowest BCUT2D eigenvalue weighted by Crippen LogP contribution is -2.32. The molecule has 0 saturated carbocycles. The molecule has 1 aliphatic heterocycles. The molecule has 1 amide bonds. The van der Waals surface area contributed by atoms with Gasteiger partial charge in [-0.3, -0.25) is 4.79 Å². The highest BCUT2D eigenvalue weighted by Crippen LogP contribution is 2.35.